The van der Waals surface area contributed by atoms with E-state index in [4.69, 9.17) is 11.6 Å². The van der Waals surface area contributed by atoms with Crippen molar-refractivity contribution in [3.8, 4) is 0 Å². The fourth-order valence-electron chi connectivity index (χ4n) is 1.68. The molecule has 0 aliphatic rings. The number of hydrogen-bond acceptors (Lipinski definition) is 2. The number of alkyl halides is 3. The Morgan fingerprint density at radius 1 is 1.30 bits per heavy atom. The fourth-order valence-corrected chi connectivity index (χ4v) is 3.02. The van der Waals surface area contributed by atoms with Crippen LogP contribution in [0.2, 0.25) is 4.34 Å². The number of anilines is 1. The van der Waals surface area contributed by atoms with E-state index in [1.54, 1.807) is 6.07 Å². The van der Waals surface area contributed by atoms with Crippen LogP contribution < -0.4 is 5.32 Å². The highest BCUT2D eigenvalue weighted by molar-refractivity contribution is 9.10. The maximum Gasteiger partial charge on any atom is 0.416 e. The Hall–Kier alpha value is -0.720. The summed E-state index contributed by atoms with van der Waals surface area (Å²) < 4.78 is 39.3. The van der Waals surface area contributed by atoms with E-state index in [0.717, 1.165) is 17.7 Å². The van der Waals surface area contributed by atoms with Crippen molar-refractivity contribution in [1.82, 2.24) is 0 Å². The first-order chi connectivity index (χ1) is 9.27. The molecule has 0 bridgehead atoms. The molecule has 0 aliphatic heterocycles. The van der Waals surface area contributed by atoms with Crippen molar-refractivity contribution < 1.29 is 13.2 Å². The van der Waals surface area contributed by atoms with E-state index in [1.165, 1.54) is 17.4 Å². The van der Waals surface area contributed by atoms with Gasteiger partial charge in [0.15, 0.2) is 0 Å². The summed E-state index contributed by atoms with van der Waals surface area (Å²) in [6.45, 7) is 1.87. The Bertz CT molecular complexity index is 612. The second kappa shape index (κ2) is 5.95. The van der Waals surface area contributed by atoms with Crippen molar-refractivity contribution in [2.45, 2.75) is 19.1 Å². The smallest absolute Gasteiger partial charge is 0.378 e. The van der Waals surface area contributed by atoms with Crippen LogP contribution in [-0.2, 0) is 6.18 Å². The zero-order chi connectivity index (χ0) is 14.9. The summed E-state index contributed by atoms with van der Waals surface area (Å²) in [6.07, 6.45) is -4.36. The van der Waals surface area contributed by atoms with E-state index in [0.29, 0.717) is 14.5 Å². The van der Waals surface area contributed by atoms with Gasteiger partial charge in [0.2, 0.25) is 0 Å². The van der Waals surface area contributed by atoms with Gasteiger partial charge < -0.3 is 5.32 Å². The molecular weight excluding hydrogens is 375 g/mol. The van der Waals surface area contributed by atoms with Crippen LogP contribution in [0.25, 0.3) is 0 Å². The lowest BCUT2D eigenvalue weighted by atomic mass is 10.1. The maximum atomic E-state index is 12.7. The predicted octanol–water partition coefficient (Wildman–Crippen LogP) is 6.36. The lowest BCUT2D eigenvalue weighted by molar-refractivity contribution is -0.137. The van der Waals surface area contributed by atoms with E-state index in [1.807, 2.05) is 12.3 Å². The van der Waals surface area contributed by atoms with Gasteiger partial charge in [0, 0.05) is 16.2 Å². The van der Waals surface area contributed by atoms with Crippen molar-refractivity contribution in [3.05, 3.63) is 49.6 Å². The fraction of sp³-hybridized carbons (Fsp3) is 0.231. The number of rotatable bonds is 3. The van der Waals surface area contributed by atoms with Gasteiger partial charge in [-0.25, -0.2) is 0 Å². The molecule has 1 atom stereocenters. The Balaban J connectivity index is 2.24. The Kier molecular flexibility index (Phi) is 4.66. The van der Waals surface area contributed by atoms with Gasteiger partial charge in [-0.1, -0.05) is 11.6 Å². The largest absolute Gasteiger partial charge is 0.416 e. The molecule has 2 aromatic rings. The van der Waals surface area contributed by atoms with Gasteiger partial charge in [0.25, 0.3) is 0 Å². The molecule has 1 unspecified atom stereocenters. The SMILES string of the molecule is CC(Nc1cc(C(F)(F)F)ccc1Br)c1csc(Cl)c1. The molecule has 1 aromatic heterocycles. The summed E-state index contributed by atoms with van der Waals surface area (Å²) in [6, 6.07) is 5.18. The van der Waals surface area contributed by atoms with E-state index >= 15 is 0 Å². The zero-order valence-corrected chi connectivity index (χ0v) is 13.4. The van der Waals surface area contributed by atoms with E-state index in [9.17, 15) is 13.2 Å². The molecule has 1 aromatic carbocycles. The van der Waals surface area contributed by atoms with Crippen molar-refractivity contribution in [1.29, 1.82) is 0 Å². The molecule has 0 saturated carbocycles. The third kappa shape index (κ3) is 3.68. The number of halogens is 5. The lowest BCUT2D eigenvalue weighted by Crippen LogP contribution is -2.09. The zero-order valence-electron chi connectivity index (χ0n) is 10.3. The highest BCUT2D eigenvalue weighted by Crippen LogP contribution is 2.35. The summed E-state index contributed by atoms with van der Waals surface area (Å²) in [5.41, 5.74) is 0.651. The minimum atomic E-state index is -4.36. The highest BCUT2D eigenvalue weighted by atomic mass is 79.9. The Morgan fingerprint density at radius 2 is 2.00 bits per heavy atom. The maximum absolute atomic E-state index is 12.7. The molecule has 0 spiro atoms. The minimum absolute atomic E-state index is 0.140. The van der Waals surface area contributed by atoms with Crippen molar-refractivity contribution >= 4 is 44.6 Å². The molecule has 0 aliphatic carbocycles. The highest BCUT2D eigenvalue weighted by Gasteiger charge is 2.31. The summed E-state index contributed by atoms with van der Waals surface area (Å²) in [5, 5.41) is 4.93. The molecular formula is C13H10BrClF3NS. The monoisotopic (exact) mass is 383 g/mol. The molecule has 0 amide bonds. The third-order valence-electron chi connectivity index (χ3n) is 2.75. The molecule has 20 heavy (non-hydrogen) atoms. The molecule has 7 heteroatoms. The van der Waals surface area contributed by atoms with E-state index in [-0.39, 0.29) is 6.04 Å². The predicted molar refractivity (Wildman–Crippen MR) is 80.5 cm³/mol. The van der Waals surface area contributed by atoms with Crippen molar-refractivity contribution in [2.75, 3.05) is 5.32 Å². The Labute approximate surface area is 131 Å². The van der Waals surface area contributed by atoms with Gasteiger partial charge in [0.05, 0.1) is 9.90 Å². The molecule has 2 rings (SSSR count). The van der Waals surface area contributed by atoms with E-state index < -0.39 is 11.7 Å². The van der Waals surface area contributed by atoms with Crippen LogP contribution in [0.1, 0.15) is 24.1 Å². The van der Waals surface area contributed by atoms with Crippen LogP contribution in [0.5, 0.6) is 0 Å². The molecule has 0 saturated heterocycles. The van der Waals surface area contributed by atoms with Crippen LogP contribution >= 0.6 is 38.9 Å². The van der Waals surface area contributed by atoms with E-state index in [2.05, 4.69) is 21.2 Å². The normalized spacial score (nSPS) is 13.3. The Morgan fingerprint density at radius 3 is 2.55 bits per heavy atom. The van der Waals surface area contributed by atoms with Gasteiger partial charge in [-0.15, -0.1) is 11.3 Å². The molecule has 1 heterocycles. The summed E-state index contributed by atoms with van der Waals surface area (Å²) in [5.74, 6) is 0. The standard InChI is InChI=1S/C13H10BrClF3NS/c1-7(8-4-12(15)20-6-8)19-11-5-9(13(16,17)18)2-3-10(11)14/h2-7,19H,1H3. The molecule has 108 valence electrons. The second-order valence-electron chi connectivity index (χ2n) is 4.24. The number of benzene rings is 1. The topological polar surface area (TPSA) is 12.0 Å². The van der Waals surface area contributed by atoms with Crippen LogP contribution in [-0.4, -0.2) is 0 Å². The molecule has 1 N–H and O–H groups in total. The third-order valence-corrected chi connectivity index (χ3v) is 4.55. The van der Waals surface area contributed by atoms with Gasteiger partial charge in [-0.05, 0) is 58.1 Å². The number of thiophene rings is 1. The first kappa shape index (κ1) is 15.7. The number of hydrogen-bond donors (Lipinski definition) is 1. The molecule has 0 fully saturated rings. The average Bonchev–Trinajstić information content (AvgIpc) is 2.77. The first-order valence-electron chi connectivity index (χ1n) is 5.64. The van der Waals surface area contributed by atoms with Crippen LogP contribution in [0.3, 0.4) is 0 Å². The molecule has 0 radical (unpaired) electrons. The quantitative estimate of drug-likeness (QED) is 0.649. The average molecular weight is 385 g/mol. The van der Waals surface area contributed by atoms with Crippen molar-refractivity contribution in [3.63, 3.8) is 0 Å². The summed E-state index contributed by atoms with van der Waals surface area (Å²) >= 11 is 10.5. The second-order valence-corrected chi connectivity index (χ2v) is 6.64. The van der Waals surface area contributed by atoms with Crippen LogP contribution in [0.15, 0.2) is 34.1 Å². The summed E-state index contributed by atoms with van der Waals surface area (Å²) in [4.78, 5) is 0. The summed E-state index contributed by atoms with van der Waals surface area (Å²) in [7, 11) is 0. The van der Waals surface area contributed by atoms with Crippen LogP contribution in [0.4, 0.5) is 18.9 Å². The minimum Gasteiger partial charge on any atom is -0.378 e. The first-order valence-corrected chi connectivity index (χ1v) is 7.69. The van der Waals surface area contributed by atoms with Crippen LogP contribution in [0, 0.1) is 0 Å². The number of nitrogens with one attached hydrogen (secondary N) is 1. The van der Waals surface area contributed by atoms with Crippen molar-refractivity contribution in [2.24, 2.45) is 0 Å². The van der Waals surface area contributed by atoms with Gasteiger partial charge >= 0.3 is 6.18 Å². The van der Waals surface area contributed by atoms with Gasteiger partial charge in [-0.3, -0.25) is 0 Å². The van der Waals surface area contributed by atoms with Gasteiger partial charge in [0.1, 0.15) is 0 Å². The van der Waals surface area contributed by atoms with Gasteiger partial charge in [-0.2, -0.15) is 13.2 Å². The molecule has 1 nitrogen and oxygen atoms in total. The lowest BCUT2D eigenvalue weighted by Gasteiger charge is -2.17.